The van der Waals surface area contributed by atoms with Crippen LogP contribution in [0.5, 0.6) is 11.5 Å². The van der Waals surface area contributed by atoms with Gasteiger partial charge in [0.25, 0.3) is 0 Å². The Kier molecular flexibility index (Phi) is 6.36. The molecule has 168 valence electrons. The monoisotopic (exact) mass is 433 g/mol. The number of imidazole rings is 1. The van der Waals surface area contributed by atoms with Gasteiger partial charge in [0.05, 0.1) is 12.7 Å². The van der Waals surface area contributed by atoms with Crippen LogP contribution in [0.4, 0.5) is 0 Å². The lowest BCUT2D eigenvalue weighted by atomic mass is 10.0. The lowest BCUT2D eigenvalue weighted by Crippen LogP contribution is -2.37. The zero-order valence-electron chi connectivity index (χ0n) is 18.7. The van der Waals surface area contributed by atoms with Crippen LogP contribution in [0.3, 0.4) is 0 Å². The number of aryl methyl sites for hydroxylation is 1. The van der Waals surface area contributed by atoms with Crippen LogP contribution in [0.15, 0.2) is 48.9 Å². The molecule has 4 heterocycles. The maximum atomic E-state index is 6.09. The molecule has 0 radical (unpaired) electrons. The normalized spacial score (nSPS) is 18.0. The second kappa shape index (κ2) is 9.71. The van der Waals surface area contributed by atoms with E-state index in [4.69, 9.17) is 9.47 Å². The van der Waals surface area contributed by atoms with E-state index in [1.54, 1.807) is 12.4 Å². The van der Waals surface area contributed by atoms with E-state index in [9.17, 15) is 0 Å². The van der Waals surface area contributed by atoms with E-state index >= 15 is 0 Å². The average molecular weight is 434 g/mol. The predicted octanol–water partition coefficient (Wildman–Crippen LogP) is 3.55. The SMILES string of the molecule is Cc1cnc(CN2CCOc3ccc(CN4CCC(Oc5cccnc5)CC4)cc3C2)[nH]1. The van der Waals surface area contributed by atoms with E-state index in [-0.39, 0.29) is 6.10 Å². The summed E-state index contributed by atoms with van der Waals surface area (Å²) in [6, 6.07) is 10.6. The topological polar surface area (TPSA) is 66.5 Å². The quantitative estimate of drug-likeness (QED) is 0.641. The van der Waals surface area contributed by atoms with Crippen molar-refractivity contribution in [3.8, 4) is 11.5 Å². The molecule has 1 fully saturated rings. The number of hydrogen-bond donors (Lipinski definition) is 1. The second-order valence-electron chi connectivity index (χ2n) is 8.80. The van der Waals surface area contributed by atoms with E-state index < -0.39 is 0 Å². The fraction of sp³-hybridized carbons (Fsp3) is 0.440. The maximum Gasteiger partial charge on any atom is 0.137 e. The largest absolute Gasteiger partial charge is 0.492 e. The molecule has 2 aliphatic heterocycles. The minimum atomic E-state index is 0.273. The summed E-state index contributed by atoms with van der Waals surface area (Å²) in [6.45, 7) is 8.38. The molecule has 5 rings (SSSR count). The van der Waals surface area contributed by atoms with Crippen LogP contribution in [0.25, 0.3) is 0 Å². The van der Waals surface area contributed by atoms with Crippen molar-refractivity contribution < 1.29 is 9.47 Å². The fourth-order valence-electron chi connectivity index (χ4n) is 4.55. The van der Waals surface area contributed by atoms with Crippen molar-refractivity contribution in [2.24, 2.45) is 0 Å². The Labute approximate surface area is 189 Å². The highest BCUT2D eigenvalue weighted by molar-refractivity contribution is 5.38. The lowest BCUT2D eigenvalue weighted by Gasteiger charge is -2.32. The molecule has 0 unspecified atom stereocenters. The minimum absolute atomic E-state index is 0.273. The molecule has 7 nitrogen and oxygen atoms in total. The van der Waals surface area contributed by atoms with Crippen molar-refractivity contribution in [1.29, 1.82) is 0 Å². The third-order valence-electron chi connectivity index (χ3n) is 6.19. The standard InChI is InChI=1S/C25H31N5O2/c1-19-14-27-25(28-19)18-30-11-12-31-24-5-4-20(13-21(24)17-30)16-29-9-6-22(7-10-29)32-23-3-2-8-26-15-23/h2-5,8,13-15,22H,6-7,9-12,16-18H2,1H3,(H,27,28). The van der Waals surface area contributed by atoms with Gasteiger partial charge in [0.1, 0.15) is 30.0 Å². The highest BCUT2D eigenvalue weighted by atomic mass is 16.5. The van der Waals surface area contributed by atoms with E-state index in [1.807, 2.05) is 25.3 Å². The third kappa shape index (κ3) is 5.29. The Hall–Kier alpha value is -2.90. The molecule has 2 aliphatic rings. The molecule has 0 amide bonds. The van der Waals surface area contributed by atoms with Crippen LogP contribution in [0.2, 0.25) is 0 Å². The van der Waals surface area contributed by atoms with Crippen LogP contribution in [0.1, 0.15) is 35.5 Å². The fourth-order valence-corrected chi connectivity index (χ4v) is 4.55. The zero-order chi connectivity index (χ0) is 21.8. The smallest absolute Gasteiger partial charge is 0.137 e. The number of hydrogen-bond acceptors (Lipinski definition) is 6. The first-order chi connectivity index (χ1) is 15.7. The van der Waals surface area contributed by atoms with Crippen LogP contribution in [-0.4, -0.2) is 57.1 Å². The molecule has 2 aromatic heterocycles. The zero-order valence-corrected chi connectivity index (χ0v) is 18.7. The molecule has 7 heteroatoms. The summed E-state index contributed by atoms with van der Waals surface area (Å²) in [5, 5.41) is 0. The van der Waals surface area contributed by atoms with E-state index in [2.05, 4.69) is 43.0 Å². The molecule has 0 atom stereocenters. The number of likely N-dealkylation sites (tertiary alicyclic amines) is 1. The van der Waals surface area contributed by atoms with Gasteiger partial charge in [-0.05, 0) is 49.6 Å². The summed E-state index contributed by atoms with van der Waals surface area (Å²) in [7, 11) is 0. The minimum Gasteiger partial charge on any atom is -0.492 e. The number of aromatic nitrogens is 3. The molecular weight excluding hydrogens is 402 g/mol. The number of fused-ring (bicyclic) bond motifs is 1. The first kappa shape index (κ1) is 21.0. The third-order valence-corrected chi connectivity index (χ3v) is 6.19. The van der Waals surface area contributed by atoms with Crippen molar-refractivity contribution in [1.82, 2.24) is 24.8 Å². The maximum absolute atomic E-state index is 6.09. The van der Waals surface area contributed by atoms with E-state index in [0.29, 0.717) is 6.61 Å². The highest BCUT2D eigenvalue weighted by Gasteiger charge is 2.22. The summed E-state index contributed by atoms with van der Waals surface area (Å²) in [5.41, 5.74) is 3.70. The van der Waals surface area contributed by atoms with Crippen LogP contribution >= 0.6 is 0 Å². The average Bonchev–Trinajstić information content (AvgIpc) is 3.10. The van der Waals surface area contributed by atoms with Gasteiger partial charge >= 0.3 is 0 Å². The Morgan fingerprint density at radius 2 is 2.00 bits per heavy atom. The predicted molar refractivity (Wildman–Crippen MR) is 123 cm³/mol. The molecule has 1 saturated heterocycles. The summed E-state index contributed by atoms with van der Waals surface area (Å²) in [6.07, 6.45) is 7.81. The van der Waals surface area contributed by atoms with Gasteiger partial charge in [0.15, 0.2) is 0 Å². The van der Waals surface area contributed by atoms with Crippen molar-refractivity contribution in [3.05, 3.63) is 71.6 Å². The Balaban J connectivity index is 1.17. The lowest BCUT2D eigenvalue weighted by molar-refractivity contribution is 0.0965. The van der Waals surface area contributed by atoms with Gasteiger partial charge in [0.2, 0.25) is 0 Å². The van der Waals surface area contributed by atoms with Gasteiger partial charge in [-0.25, -0.2) is 4.98 Å². The Morgan fingerprint density at radius 1 is 1.09 bits per heavy atom. The molecule has 0 bridgehead atoms. The van der Waals surface area contributed by atoms with Crippen LogP contribution in [-0.2, 0) is 19.6 Å². The molecule has 32 heavy (non-hydrogen) atoms. The first-order valence-corrected chi connectivity index (χ1v) is 11.5. The number of rotatable bonds is 6. The van der Waals surface area contributed by atoms with Gasteiger partial charge in [-0.2, -0.15) is 0 Å². The first-order valence-electron chi connectivity index (χ1n) is 11.5. The van der Waals surface area contributed by atoms with Crippen molar-refractivity contribution >= 4 is 0 Å². The summed E-state index contributed by atoms with van der Waals surface area (Å²) >= 11 is 0. The second-order valence-corrected chi connectivity index (χ2v) is 8.80. The Morgan fingerprint density at radius 3 is 2.78 bits per heavy atom. The number of aromatic amines is 1. The highest BCUT2D eigenvalue weighted by Crippen LogP contribution is 2.26. The molecule has 3 aromatic rings. The van der Waals surface area contributed by atoms with Gasteiger partial charge in [-0.15, -0.1) is 0 Å². The number of pyridine rings is 1. The van der Waals surface area contributed by atoms with Gasteiger partial charge in [-0.1, -0.05) is 6.07 Å². The van der Waals surface area contributed by atoms with Gasteiger partial charge < -0.3 is 14.5 Å². The molecule has 0 saturated carbocycles. The number of piperidine rings is 1. The molecule has 1 aromatic carbocycles. The number of benzene rings is 1. The van der Waals surface area contributed by atoms with Crippen molar-refractivity contribution in [2.75, 3.05) is 26.2 Å². The number of ether oxygens (including phenoxy) is 2. The van der Waals surface area contributed by atoms with Crippen molar-refractivity contribution in [2.45, 2.75) is 45.5 Å². The number of nitrogens with zero attached hydrogens (tertiary/aromatic N) is 4. The van der Waals surface area contributed by atoms with Crippen LogP contribution < -0.4 is 9.47 Å². The van der Waals surface area contributed by atoms with Gasteiger partial charge in [-0.3, -0.25) is 14.8 Å². The van der Waals surface area contributed by atoms with E-state index in [0.717, 1.165) is 75.1 Å². The molecule has 1 N–H and O–H groups in total. The summed E-state index contributed by atoms with van der Waals surface area (Å²) in [4.78, 5) is 16.9. The van der Waals surface area contributed by atoms with Crippen LogP contribution in [0, 0.1) is 6.92 Å². The summed E-state index contributed by atoms with van der Waals surface area (Å²) < 4.78 is 12.1. The number of nitrogens with one attached hydrogen (secondary N) is 1. The molecule has 0 spiro atoms. The number of H-pyrrole nitrogens is 1. The van der Waals surface area contributed by atoms with Crippen molar-refractivity contribution in [3.63, 3.8) is 0 Å². The van der Waals surface area contributed by atoms with Gasteiger partial charge in [0, 0.05) is 56.4 Å². The Bertz CT molecular complexity index is 1010. The molecule has 0 aliphatic carbocycles. The summed E-state index contributed by atoms with van der Waals surface area (Å²) in [5.74, 6) is 2.89. The molecular formula is C25H31N5O2. The van der Waals surface area contributed by atoms with E-state index in [1.165, 1.54) is 11.1 Å².